The van der Waals surface area contributed by atoms with Gasteiger partial charge in [-0.05, 0) is 30.1 Å². The maximum Gasteiger partial charge on any atom is 0.310 e. The zero-order chi connectivity index (χ0) is 16.9. The third-order valence-corrected chi connectivity index (χ3v) is 7.42. The minimum absolute atomic E-state index is 0.0468. The molecule has 0 aromatic heterocycles. The average Bonchev–Trinajstić information content (AvgIpc) is 3.16. The lowest BCUT2D eigenvalue weighted by atomic mass is 9.49. The standard InChI is InChI=1S/C19H23NO4/c1-18(2)11-4-3-10(12(18)7-11)8-20-9-19-6-5-13(24-19)14(17(22)23)15(19)16(20)21/h3,5-6,11-15H,4,7-9H2,1-2H3,(H,22,23)/t11-,12-,13-,14-,15+,19-/m0/s1. The van der Waals surface area contributed by atoms with E-state index in [1.54, 1.807) is 0 Å². The van der Waals surface area contributed by atoms with Crippen LogP contribution in [0.5, 0.6) is 0 Å². The summed E-state index contributed by atoms with van der Waals surface area (Å²) in [4.78, 5) is 26.4. The lowest BCUT2D eigenvalue weighted by Crippen LogP contribution is -2.50. The lowest BCUT2D eigenvalue weighted by molar-refractivity contribution is -0.148. The van der Waals surface area contributed by atoms with Gasteiger partial charge in [-0.25, -0.2) is 0 Å². The third kappa shape index (κ3) is 1.59. The molecule has 3 fully saturated rings. The molecular formula is C19H23NO4. The Balaban J connectivity index is 1.40. The number of carboxylic acid groups (broad SMARTS) is 1. The van der Waals surface area contributed by atoms with E-state index in [9.17, 15) is 14.7 Å². The maximum absolute atomic E-state index is 13.0. The first-order valence-electron chi connectivity index (χ1n) is 8.91. The van der Waals surface area contributed by atoms with Gasteiger partial charge in [0.15, 0.2) is 0 Å². The van der Waals surface area contributed by atoms with Crippen LogP contribution in [0.3, 0.4) is 0 Å². The van der Waals surface area contributed by atoms with Crippen LogP contribution in [0.2, 0.25) is 0 Å². The number of carbonyl (C=O) groups is 2. The second-order valence-electron chi connectivity index (χ2n) is 8.75. The Morgan fingerprint density at radius 1 is 1.46 bits per heavy atom. The van der Waals surface area contributed by atoms with Crippen molar-refractivity contribution in [3.63, 3.8) is 0 Å². The summed E-state index contributed by atoms with van der Waals surface area (Å²) in [5, 5.41) is 9.53. The molecule has 2 saturated heterocycles. The number of aliphatic carboxylic acids is 1. The predicted molar refractivity (Wildman–Crippen MR) is 86.0 cm³/mol. The quantitative estimate of drug-likeness (QED) is 0.803. The van der Waals surface area contributed by atoms with Crippen LogP contribution in [-0.4, -0.2) is 46.7 Å². The number of likely N-dealkylation sites (tertiary alicyclic amines) is 1. The molecule has 128 valence electrons. The second kappa shape index (κ2) is 4.31. The van der Waals surface area contributed by atoms with Gasteiger partial charge in [0.2, 0.25) is 5.91 Å². The van der Waals surface area contributed by atoms with Crippen molar-refractivity contribution < 1.29 is 19.4 Å². The van der Waals surface area contributed by atoms with E-state index in [4.69, 9.17) is 4.74 Å². The van der Waals surface area contributed by atoms with Crippen LogP contribution in [0, 0.1) is 29.1 Å². The van der Waals surface area contributed by atoms with Gasteiger partial charge in [0.05, 0.1) is 18.6 Å². The Bertz CT molecular complexity index is 708. The zero-order valence-corrected chi connectivity index (χ0v) is 14.1. The number of hydrogen-bond donors (Lipinski definition) is 1. The topological polar surface area (TPSA) is 66.8 Å². The van der Waals surface area contributed by atoms with Gasteiger partial charge in [-0.1, -0.05) is 37.6 Å². The molecule has 4 bridgehead atoms. The molecule has 3 heterocycles. The average molecular weight is 329 g/mol. The number of allylic oxidation sites excluding steroid dienone is 1. The summed E-state index contributed by atoms with van der Waals surface area (Å²) in [6, 6.07) is 0. The highest BCUT2D eigenvalue weighted by molar-refractivity contribution is 5.90. The fourth-order valence-electron chi connectivity index (χ4n) is 5.87. The van der Waals surface area contributed by atoms with Crippen molar-refractivity contribution in [3.05, 3.63) is 23.8 Å². The lowest BCUT2D eigenvalue weighted by Gasteiger charge is -2.56. The van der Waals surface area contributed by atoms with Gasteiger partial charge in [0.25, 0.3) is 0 Å². The number of carboxylic acids is 1. The molecule has 0 unspecified atom stereocenters. The van der Waals surface area contributed by atoms with E-state index >= 15 is 0 Å². The molecule has 1 saturated carbocycles. The van der Waals surface area contributed by atoms with Crippen molar-refractivity contribution in [3.8, 4) is 0 Å². The second-order valence-corrected chi connectivity index (χ2v) is 8.75. The van der Waals surface area contributed by atoms with Crippen LogP contribution in [0.15, 0.2) is 23.8 Å². The summed E-state index contributed by atoms with van der Waals surface area (Å²) in [5.74, 6) is -0.934. The van der Waals surface area contributed by atoms with Gasteiger partial charge < -0.3 is 14.7 Å². The van der Waals surface area contributed by atoms with E-state index in [1.165, 1.54) is 12.0 Å². The van der Waals surface area contributed by atoms with E-state index < -0.39 is 29.5 Å². The van der Waals surface area contributed by atoms with Crippen LogP contribution in [0.4, 0.5) is 0 Å². The van der Waals surface area contributed by atoms with Gasteiger partial charge >= 0.3 is 5.97 Å². The minimum Gasteiger partial charge on any atom is -0.481 e. The summed E-state index contributed by atoms with van der Waals surface area (Å²) in [6.07, 6.45) is 7.95. The van der Waals surface area contributed by atoms with Gasteiger partial charge in [-0.2, -0.15) is 0 Å². The SMILES string of the molecule is CC1(C)[C@H]2CC=C(CN3C[C@]45C=C[C@H](O4)[C@H](C(=O)O)[C@@H]5C3=O)[C@@H]1C2. The number of nitrogens with zero attached hydrogens (tertiary/aromatic N) is 1. The molecule has 6 atom stereocenters. The normalized spacial score (nSPS) is 46.8. The Kier molecular flexibility index (Phi) is 2.64. The van der Waals surface area contributed by atoms with E-state index in [-0.39, 0.29) is 5.91 Å². The Labute approximate surface area is 141 Å². The molecule has 6 aliphatic rings. The molecule has 6 rings (SSSR count). The highest BCUT2D eigenvalue weighted by Gasteiger charge is 2.67. The van der Waals surface area contributed by atoms with Crippen molar-refractivity contribution in [2.24, 2.45) is 29.1 Å². The van der Waals surface area contributed by atoms with Crippen molar-refractivity contribution >= 4 is 11.9 Å². The Morgan fingerprint density at radius 2 is 2.25 bits per heavy atom. The van der Waals surface area contributed by atoms with Gasteiger partial charge in [0.1, 0.15) is 11.5 Å². The van der Waals surface area contributed by atoms with E-state index in [1.807, 2.05) is 17.1 Å². The van der Waals surface area contributed by atoms with Crippen molar-refractivity contribution in [1.29, 1.82) is 0 Å². The zero-order valence-electron chi connectivity index (χ0n) is 14.1. The first-order chi connectivity index (χ1) is 11.3. The monoisotopic (exact) mass is 329 g/mol. The smallest absolute Gasteiger partial charge is 0.310 e. The fraction of sp³-hybridized carbons (Fsp3) is 0.684. The number of fused-ring (bicyclic) bond motifs is 2. The van der Waals surface area contributed by atoms with Crippen LogP contribution < -0.4 is 0 Å². The molecule has 3 aliphatic heterocycles. The summed E-state index contributed by atoms with van der Waals surface area (Å²) < 4.78 is 5.95. The number of amides is 1. The van der Waals surface area contributed by atoms with Gasteiger partial charge in [-0.3, -0.25) is 9.59 Å². The van der Waals surface area contributed by atoms with Crippen LogP contribution in [-0.2, 0) is 14.3 Å². The van der Waals surface area contributed by atoms with Crippen molar-refractivity contribution in [1.82, 2.24) is 4.90 Å². The van der Waals surface area contributed by atoms with E-state index in [0.29, 0.717) is 24.4 Å². The minimum atomic E-state index is -0.925. The first-order valence-corrected chi connectivity index (χ1v) is 8.91. The fourth-order valence-corrected chi connectivity index (χ4v) is 5.87. The van der Waals surface area contributed by atoms with Crippen LogP contribution in [0.25, 0.3) is 0 Å². The predicted octanol–water partition coefficient (Wildman–Crippen LogP) is 1.85. The Morgan fingerprint density at radius 3 is 2.92 bits per heavy atom. The van der Waals surface area contributed by atoms with Crippen LogP contribution in [0.1, 0.15) is 26.7 Å². The summed E-state index contributed by atoms with van der Waals surface area (Å²) in [5.41, 5.74) is 0.981. The molecule has 3 aliphatic carbocycles. The highest BCUT2D eigenvalue weighted by atomic mass is 16.5. The molecule has 1 amide bonds. The summed E-state index contributed by atoms with van der Waals surface area (Å²) in [6.45, 7) is 5.77. The summed E-state index contributed by atoms with van der Waals surface area (Å²) >= 11 is 0. The van der Waals surface area contributed by atoms with E-state index in [0.717, 1.165) is 12.3 Å². The van der Waals surface area contributed by atoms with Crippen LogP contribution >= 0.6 is 0 Å². The highest BCUT2D eigenvalue weighted by Crippen LogP contribution is 2.60. The third-order valence-electron chi connectivity index (χ3n) is 7.42. The van der Waals surface area contributed by atoms with E-state index in [2.05, 4.69) is 19.9 Å². The van der Waals surface area contributed by atoms with Gasteiger partial charge in [0, 0.05) is 6.54 Å². The number of hydrogen-bond acceptors (Lipinski definition) is 3. The number of rotatable bonds is 3. The van der Waals surface area contributed by atoms with Crippen molar-refractivity contribution in [2.45, 2.75) is 38.4 Å². The first kappa shape index (κ1) is 14.7. The van der Waals surface area contributed by atoms with Crippen molar-refractivity contribution in [2.75, 3.05) is 13.1 Å². The Hall–Kier alpha value is -1.62. The number of ether oxygens (including phenoxy) is 1. The maximum atomic E-state index is 13.0. The molecule has 1 N–H and O–H groups in total. The molecule has 0 aromatic rings. The molecule has 24 heavy (non-hydrogen) atoms. The summed E-state index contributed by atoms with van der Waals surface area (Å²) in [7, 11) is 0. The molecular weight excluding hydrogens is 306 g/mol. The molecule has 5 heteroatoms. The molecule has 5 nitrogen and oxygen atoms in total. The van der Waals surface area contributed by atoms with Gasteiger partial charge in [-0.15, -0.1) is 0 Å². The largest absolute Gasteiger partial charge is 0.481 e. The number of carbonyl (C=O) groups excluding carboxylic acids is 1. The molecule has 0 radical (unpaired) electrons. The molecule has 1 spiro atoms. The molecule has 0 aromatic carbocycles.